The molecule has 1 atom stereocenters. The topological polar surface area (TPSA) is 56.1 Å². The minimum atomic E-state index is -0.361. The van der Waals surface area contributed by atoms with Gasteiger partial charge in [0.2, 0.25) is 5.91 Å². The second kappa shape index (κ2) is 6.88. The summed E-state index contributed by atoms with van der Waals surface area (Å²) in [5.74, 6) is -0.143. The molecule has 1 rings (SSSR count). The van der Waals surface area contributed by atoms with Gasteiger partial charge in [0.25, 0.3) is 0 Å². The molecule has 0 heterocycles. The standard InChI is InChI=1S/C12H13Br2N3O/c1-8(17(2)6-5-15)12(18)16-11-4-3-9(13)7-10(11)14/h3-4,7-8H,6H2,1-2H3,(H,16,18). The number of nitrogens with one attached hydrogen (secondary N) is 1. The van der Waals surface area contributed by atoms with Crippen LogP contribution in [0.15, 0.2) is 27.1 Å². The molecule has 0 aliphatic carbocycles. The Morgan fingerprint density at radius 2 is 2.22 bits per heavy atom. The summed E-state index contributed by atoms with van der Waals surface area (Å²) in [4.78, 5) is 13.7. The van der Waals surface area contributed by atoms with Crippen molar-refractivity contribution >= 4 is 43.5 Å². The number of hydrogen-bond donors (Lipinski definition) is 1. The molecule has 0 fully saturated rings. The molecular weight excluding hydrogens is 362 g/mol. The molecule has 0 aliphatic rings. The summed E-state index contributed by atoms with van der Waals surface area (Å²) in [7, 11) is 1.74. The van der Waals surface area contributed by atoms with Crippen molar-refractivity contribution < 1.29 is 4.79 Å². The second-order valence-electron chi connectivity index (χ2n) is 3.86. The Labute approximate surface area is 123 Å². The van der Waals surface area contributed by atoms with Crippen LogP contribution in [0.2, 0.25) is 0 Å². The molecule has 0 saturated heterocycles. The number of rotatable bonds is 4. The van der Waals surface area contributed by atoms with Gasteiger partial charge in [0.1, 0.15) is 0 Å². The van der Waals surface area contributed by atoms with Crippen molar-refractivity contribution in [1.29, 1.82) is 5.26 Å². The number of anilines is 1. The van der Waals surface area contributed by atoms with E-state index in [4.69, 9.17) is 5.26 Å². The van der Waals surface area contributed by atoms with Gasteiger partial charge in [0, 0.05) is 8.95 Å². The van der Waals surface area contributed by atoms with Gasteiger partial charge >= 0.3 is 0 Å². The molecule has 0 radical (unpaired) electrons. The smallest absolute Gasteiger partial charge is 0.241 e. The number of benzene rings is 1. The van der Waals surface area contributed by atoms with Crippen molar-refractivity contribution in [3.05, 3.63) is 27.1 Å². The quantitative estimate of drug-likeness (QED) is 0.824. The van der Waals surface area contributed by atoms with E-state index in [0.717, 1.165) is 8.95 Å². The maximum atomic E-state index is 12.0. The fraction of sp³-hybridized carbons (Fsp3) is 0.333. The minimum Gasteiger partial charge on any atom is -0.324 e. The first-order valence-electron chi connectivity index (χ1n) is 5.28. The van der Waals surface area contributed by atoms with Gasteiger partial charge in [-0.25, -0.2) is 0 Å². The third-order valence-electron chi connectivity index (χ3n) is 2.55. The van der Waals surface area contributed by atoms with Crippen molar-refractivity contribution in [2.24, 2.45) is 0 Å². The summed E-state index contributed by atoms with van der Waals surface area (Å²) < 4.78 is 1.74. The normalized spacial score (nSPS) is 12.0. The van der Waals surface area contributed by atoms with Crippen LogP contribution in [0.4, 0.5) is 5.69 Å². The lowest BCUT2D eigenvalue weighted by Gasteiger charge is -2.21. The molecule has 1 aromatic rings. The summed E-state index contributed by atoms with van der Waals surface area (Å²) in [6.45, 7) is 1.98. The van der Waals surface area contributed by atoms with Gasteiger partial charge in [-0.3, -0.25) is 9.69 Å². The van der Waals surface area contributed by atoms with E-state index in [2.05, 4.69) is 37.2 Å². The lowest BCUT2D eigenvalue weighted by Crippen LogP contribution is -2.39. The van der Waals surface area contributed by atoms with E-state index in [-0.39, 0.29) is 18.5 Å². The molecule has 1 N–H and O–H groups in total. The van der Waals surface area contributed by atoms with E-state index in [0.29, 0.717) is 5.69 Å². The molecule has 1 unspecified atom stereocenters. The highest BCUT2D eigenvalue weighted by Crippen LogP contribution is 2.26. The molecule has 18 heavy (non-hydrogen) atoms. The van der Waals surface area contributed by atoms with Crippen molar-refractivity contribution in [1.82, 2.24) is 4.90 Å². The highest BCUT2D eigenvalue weighted by molar-refractivity contribution is 9.11. The molecular formula is C12H13Br2N3O. The number of hydrogen-bond acceptors (Lipinski definition) is 3. The second-order valence-corrected chi connectivity index (χ2v) is 5.63. The maximum Gasteiger partial charge on any atom is 0.241 e. The minimum absolute atomic E-state index is 0.143. The first-order valence-corrected chi connectivity index (χ1v) is 6.87. The predicted molar refractivity (Wildman–Crippen MR) is 78.2 cm³/mol. The Balaban J connectivity index is 2.73. The van der Waals surface area contributed by atoms with Crippen molar-refractivity contribution in [3.8, 4) is 6.07 Å². The van der Waals surface area contributed by atoms with Crippen LogP contribution in [0, 0.1) is 11.3 Å². The van der Waals surface area contributed by atoms with Gasteiger partial charge < -0.3 is 5.32 Å². The Morgan fingerprint density at radius 1 is 1.56 bits per heavy atom. The molecule has 4 nitrogen and oxygen atoms in total. The SMILES string of the molecule is CC(C(=O)Nc1ccc(Br)cc1Br)N(C)CC#N. The summed E-state index contributed by atoms with van der Waals surface area (Å²) in [5, 5.41) is 11.4. The highest BCUT2D eigenvalue weighted by Gasteiger charge is 2.18. The Kier molecular flexibility index (Phi) is 5.79. The van der Waals surface area contributed by atoms with Crippen molar-refractivity contribution in [2.75, 3.05) is 18.9 Å². The number of likely N-dealkylation sites (N-methyl/N-ethyl adjacent to an activating group) is 1. The largest absolute Gasteiger partial charge is 0.324 e. The summed E-state index contributed by atoms with van der Waals surface area (Å²) in [6, 6.07) is 7.18. The lowest BCUT2D eigenvalue weighted by molar-refractivity contribution is -0.120. The van der Waals surface area contributed by atoms with Crippen LogP contribution in [-0.4, -0.2) is 30.4 Å². The highest BCUT2D eigenvalue weighted by atomic mass is 79.9. The number of carbonyl (C=O) groups is 1. The average molecular weight is 375 g/mol. The van der Waals surface area contributed by atoms with E-state index < -0.39 is 0 Å². The van der Waals surface area contributed by atoms with Gasteiger partial charge in [-0.05, 0) is 48.1 Å². The van der Waals surface area contributed by atoms with E-state index in [1.54, 1.807) is 18.9 Å². The van der Waals surface area contributed by atoms with E-state index in [1.807, 2.05) is 24.3 Å². The van der Waals surface area contributed by atoms with Gasteiger partial charge in [0.15, 0.2) is 0 Å². The van der Waals surface area contributed by atoms with Gasteiger partial charge in [0.05, 0.1) is 24.3 Å². The third-order valence-corrected chi connectivity index (χ3v) is 3.70. The number of nitrogens with zero attached hydrogens (tertiary/aromatic N) is 2. The fourth-order valence-electron chi connectivity index (χ4n) is 1.28. The van der Waals surface area contributed by atoms with E-state index >= 15 is 0 Å². The number of nitriles is 1. The third kappa shape index (κ3) is 4.09. The number of carbonyl (C=O) groups excluding carboxylic acids is 1. The average Bonchev–Trinajstić information content (AvgIpc) is 2.32. The van der Waals surface area contributed by atoms with Crippen LogP contribution < -0.4 is 5.32 Å². The maximum absolute atomic E-state index is 12.0. The first-order chi connectivity index (χ1) is 8.45. The van der Waals surface area contributed by atoms with Crippen molar-refractivity contribution in [3.63, 3.8) is 0 Å². The molecule has 0 saturated carbocycles. The molecule has 0 spiro atoms. The monoisotopic (exact) mass is 373 g/mol. The molecule has 0 bridgehead atoms. The zero-order valence-corrected chi connectivity index (χ0v) is 13.2. The Morgan fingerprint density at radius 3 is 2.78 bits per heavy atom. The molecule has 6 heteroatoms. The fourth-order valence-corrected chi connectivity index (χ4v) is 2.42. The number of halogens is 2. The van der Waals surface area contributed by atoms with Crippen molar-refractivity contribution in [2.45, 2.75) is 13.0 Å². The molecule has 0 aliphatic heterocycles. The number of amides is 1. The van der Waals surface area contributed by atoms with Crippen LogP contribution >= 0.6 is 31.9 Å². The summed E-state index contributed by atoms with van der Waals surface area (Å²) in [5.41, 5.74) is 0.709. The zero-order valence-electron chi connectivity index (χ0n) is 10.1. The Hall–Kier alpha value is -0.900. The van der Waals surface area contributed by atoms with E-state index in [9.17, 15) is 4.79 Å². The Bertz CT molecular complexity index is 485. The van der Waals surface area contributed by atoms with E-state index in [1.165, 1.54) is 0 Å². The van der Waals surface area contributed by atoms with Crippen LogP contribution in [-0.2, 0) is 4.79 Å². The van der Waals surface area contributed by atoms with Crippen LogP contribution in [0.25, 0.3) is 0 Å². The molecule has 1 aromatic carbocycles. The van der Waals surface area contributed by atoms with Crippen LogP contribution in [0.3, 0.4) is 0 Å². The van der Waals surface area contributed by atoms with Gasteiger partial charge in [-0.2, -0.15) is 5.26 Å². The molecule has 1 amide bonds. The van der Waals surface area contributed by atoms with Gasteiger partial charge in [-0.15, -0.1) is 0 Å². The predicted octanol–water partition coefficient (Wildman–Crippen LogP) is 2.99. The van der Waals surface area contributed by atoms with Gasteiger partial charge in [-0.1, -0.05) is 15.9 Å². The zero-order chi connectivity index (χ0) is 13.7. The van der Waals surface area contributed by atoms with Crippen LogP contribution in [0.1, 0.15) is 6.92 Å². The lowest BCUT2D eigenvalue weighted by atomic mass is 10.2. The summed E-state index contributed by atoms with van der Waals surface area (Å²) >= 11 is 6.73. The molecule has 0 aromatic heterocycles. The molecule has 96 valence electrons. The first kappa shape index (κ1) is 15.2. The summed E-state index contributed by atoms with van der Waals surface area (Å²) in [6.07, 6.45) is 0. The van der Waals surface area contributed by atoms with Crippen LogP contribution in [0.5, 0.6) is 0 Å².